The second-order valence-electron chi connectivity index (χ2n) is 8.18. The molecule has 5 nitrogen and oxygen atoms in total. The van der Waals surface area contributed by atoms with Gasteiger partial charge >= 0.3 is 0 Å². The molecule has 0 saturated carbocycles. The lowest BCUT2D eigenvalue weighted by Crippen LogP contribution is -2.30. The van der Waals surface area contributed by atoms with Crippen LogP contribution < -0.4 is 4.74 Å². The van der Waals surface area contributed by atoms with Crippen LogP contribution in [0.3, 0.4) is 0 Å². The molecule has 1 N–H and O–H groups in total. The van der Waals surface area contributed by atoms with Crippen LogP contribution in [0, 0.1) is 5.82 Å². The van der Waals surface area contributed by atoms with Crippen molar-refractivity contribution >= 4 is 44.8 Å². The summed E-state index contributed by atoms with van der Waals surface area (Å²) < 4.78 is 47.7. The van der Waals surface area contributed by atoms with E-state index in [-0.39, 0.29) is 23.1 Å². The average Bonchev–Trinajstić information content (AvgIpc) is 2.87. The highest BCUT2D eigenvalue weighted by molar-refractivity contribution is 7.89. The number of phenolic OH excluding ortho intramolecular Hbond substituents is 1. The Morgan fingerprint density at radius 2 is 1.46 bits per heavy atom. The van der Waals surface area contributed by atoms with Gasteiger partial charge in [0.2, 0.25) is 10.0 Å². The maximum Gasteiger partial charge on any atom is 0.247 e. The van der Waals surface area contributed by atoms with Crippen molar-refractivity contribution in [2.75, 3.05) is 7.11 Å². The molecule has 4 aromatic carbocycles. The molecule has 0 aliphatic carbocycles. The average molecular weight is 581 g/mol. The first-order valence-electron chi connectivity index (χ1n) is 10.9. The zero-order valence-corrected chi connectivity index (χ0v) is 22.5. The van der Waals surface area contributed by atoms with Crippen LogP contribution in [0.15, 0.2) is 83.8 Å². The Morgan fingerprint density at radius 3 is 2.11 bits per heavy atom. The third-order valence-electron chi connectivity index (χ3n) is 5.66. The Bertz CT molecular complexity index is 1530. The number of benzene rings is 4. The van der Waals surface area contributed by atoms with Crippen LogP contribution in [0.25, 0.3) is 11.1 Å². The van der Waals surface area contributed by atoms with Gasteiger partial charge in [-0.1, -0.05) is 65.1 Å². The minimum atomic E-state index is -4.31. The van der Waals surface area contributed by atoms with Gasteiger partial charge in [-0.05, 0) is 65.2 Å². The molecule has 0 heterocycles. The van der Waals surface area contributed by atoms with E-state index in [2.05, 4.69) is 0 Å². The van der Waals surface area contributed by atoms with Crippen molar-refractivity contribution in [1.82, 2.24) is 4.31 Å². The summed E-state index contributed by atoms with van der Waals surface area (Å²) in [5.74, 6) is -0.453. The fourth-order valence-electron chi connectivity index (χ4n) is 3.81. The molecule has 0 fully saturated rings. The monoisotopic (exact) mass is 579 g/mol. The summed E-state index contributed by atoms with van der Waals surface area (Å²) in [5, 5.41) is 10.9. The molecule has 0 atom stereocenters. The predicted molar refractivity (Wildman–Crippen MR) is 144 cm³/mol. The fourth-order valence-corrected chi connectivity index (χ4v) is 6.10. The van der Waals surface area contributed by atoms with E-state index in [1.807, 2.05) is 18.2 Å². The Kier molecular flexibility index (Phi) is 8.31. The normalized spacial score (nSPS) is 11.6. The number of hydrogen-bond donors (Lipinski definition) is 1. The number of hydrogen-bond acceptors (Lipinski definition) is 4. The highest BCUT2D eigenvalue weighted by atomic mass is 35.5. The lowest BCUT2D eigenvalue weighted by Gasteiger charge is -2.24. The van der Waals surface area contributed by atoms with E-state index in [9.17, 15) is 17.9 Å². The second-order valence-corrected chi connectivity index (χ2v) is 11.4. The molecule has 0 saturated heterocycles. The number of ether oxygens (including phenoxy) is 1. The summed E-state index contributed by atoms with van der Waals surface area (Å²) in [7, 11) is -2.76. The topological polar surface area (TPSA) is 66.8 Å². The number of halogens is 4. The molecule has 0 aliphatic heterocycles. The van der Waals surface area contributed by atoms with E-state index in [1.165, 1.54) is 30.3 Å². The van der Waals surface area contributed by atoms with Crippen LogP contribution in [0.2, 0.25) is 15.1 Å². The standard InChI is InChI=1S/C27H21Cl3FNO4S/c1-36-25-11-4-18(12-23(25)19-5-7-20(28)8-6-19)16-32(15-17-2-9-22(31)10-3-17)37(34,35)26-14-21(29)13-24(30)27(26)33/h2-14,33H,15-16H2,1H3. The summed E-state index contributed by atoms with van der Waals surface area (Å²) in [4.78, 5) is -0.432. The molecule has 0 unspecified atom stereocenters. The maximum atomic E-state index is 13.8. The third-order valence-corrected chi connectivity index (χ3v) is 8.22. The molecule has 0 aromatic heterocycles. The van der Waals surface area contributed by atoms with Crippen molar-refractivity contribution in [3.05, 3.63) is 111 Å². The zero-order valence-electron chi connectivity index (χ0n) is 19.5. The highest BCUT2D eigenvalue weighted by Crippen LogP contribution is 2.37. The van der Waals surface area contributed by atoms with Gasteiger partial charge in [0.1, 0.15) is 16.5 Å². The van der Waals surface area contributed by atoms with Gasteiger partial charge in [-0.2, -0.15) is 4.31 Å². The van der Waals surface area contributed by atoms with Crippen molar-refractivity contribution < 1.29 is 22.7 Å². The van der Waals surface area contributed by atoms with E-state index >= 15 is 0 Å². The molecule has 0 aliphatic rings. The molecular weight excluding hydrogens is 560 g/mol. The first-order chi connectivity index (χ1) is 17.6. The molecule has 4 rings (SSSR count). The number of aromatic hydroxyl groups is 1. The highest BCUT2D eigenvalue weighted by Gasteiger charge is 2.30. The van der Waals surface area contributed by atoms with Crippen molar-refractivity contribution in [1.29, 1.82) is 0 Å². The van der Waals surface area contributed by atoms with Crippen LogP contribution >= 0.6 is 34.8 Å². The molecule has 192 valence electrons. The predicted octanol–water partition coefficient (Wildman–Crippen LogP) is 7.56. The Morgan fingerprint density at radius 1 is 0.838 bits per heavy atom. The van der Waals surface area contributed by atoms with Crippen LogP contribution in [0.5, 0.6) is 11.5 Å². The molecule has 10 heteroatoms. The van der Waals surface area contributed by atoms with Crippen LogP contribution in [0.4, 0.5) is 4.39 Å². The second kappa shape index (κ2) is 11.3. The Hall–Kier alpha value is -2.81. The van der Waals surface area contributed by atoms with Gasteiger partial charge in [0.05, 0.1) is 12.1 Å². The first-order valence-corrected chi connectivity index (χ1v) is 13.5. The van der Waals surface area contributed by atoms with Gasteiger partial charge in [0.15, 0.2) is 5.75 Å². The molecular formula is C27H21Cl3FNO4S. The molecule has 37 heavy (non-hydrogen) atoms. The minimum absolute atomic E-state index is 0.0533. The maximum absolute atomic E-state index is 13.8. The lowest BCUT2D eigenvalue weighted by molar-refractivity contribution is 0.393. The summed E-state index contributed by atoms with van der Waals surface area (Å²) in [6.45, 7) is -0.178. The summed E-state index contributed by atoms with van der Waals surface area (Å²) in [6, 6.07) is 20.4. The molecule has 0 radical (unpaired) electrons. The zero-order chi connectivity index (χ0) is 26.7. The first kappa shape index (κ1) is 27.2. The van der Waals surface area contributed by atoms with Crippen LogP contribution in [0.1, 0.15) is 11.1 Å². The largest absolute Gasteiger partial charge is 0.505 e. The van der Waals surface area contributed by atoms with Crippen molar-refractivity contribution in [2.45, 2.75) is 18.0 Å². The third kappa shape index (κ3) is 6.20. The number of nitrogens with zero attached hydrogens (tertiary/aromatic N) is 1. The van der Waals surface area contributed by atoms with Crippen molar-refractivity contribution in [3.63, 3.8) is 0 Å². The van der Waals surface area contributed by atoms with E-state index in [1.54, 1.807) is 31.4 Å². The number of rotatable bonds is 8. The number of phenols is 1. The fraction of sp³-hybridized carbons (Fsp3) is 0.111. The van der Waals surface area contributed by atoms with Gasteiger partial charge in [0, 0.05) is 28.7 Å². The van der Waals surface area contributed by atoms with Gasteiger partial charge in [-0.15, -0.1) is 0 Å². The molecule has 0 bridgehead atoms. The number of sulfonamides is 1. The van der Waals surface area contributed by atoms with Gasteiger partial charge in [-0.25, -0.2) is 12.8 Å². The molecule has 0 amide bonds. The van der Waals surface area contributed by atoms with E-state index in [0.717, 1.165) is 21.5 Å². The van der Waals surface area contributed by atoms with Crippen molar-refractivity contribution in [3.8, 4) is 22.6 Å². The Balaban J connectivity index is 1.79. The minimum Gasteiger partial charge on any atom is -0.505 e. The van der Waals surface area contributed by atoms with Gasteiger partial charge in [0.25, 0.3) is 0 Å². The van der Waals surface area contributed by atoms with Crippen LogP contribution in [-0.4, -0.2) is 24.9 Å². The summed E-state index contributed by atoms with van der Waals surface area (Å²) in [5.41, 5.74) is 2.76. The summed E-state index contributed by atoms with van der Waals surface area (Å²) >= 11 is 18.1. The smallest absolute Gasteiger partial charge is 0.247 e. The van der Waals surface area contributed by atoms with Crippen LogP contribution in [-0.2, 0) is 23.1 Å². The lowest BCUT2D eigenvalue weighted by atomic mass is 10.0. The van der Waals surface area contributed by atoms with E-state index in [4.69, 9.17) is 39.5 Å². The van der Waals surface area contributed by atoms with Gasteiger partial charge < -0.3 is 9.84 Å². The van der Waals surface area contributed by atoms with E-state index in [0.29, 0.717) is 21.9 Å². The SMILES string of the molecule is COc1ccc(CN(Cc2ccc(F)cc2)S(=O)(=O)c2cc(Cl)cc(Cl)c2O)cc1-c1ccc(Cl)cc1. The molecule has 4 aromatic rings. The van der Waals surface area contributed by atoms with Gasteiger partial charge in [-0.3, -0.25) is 0 Å². The number of methoxy groups -OCH3 is 1. The molecule has 0 spiro atoms. The van der Waals surface area contributed by atoms with Crippen molar-refractivity contribution in [2.24, 2.45) is 0 Å². The quantitative estimate of drug-likeness (QED) is 0.234. The summed E-state index contributed by atoms with van der Waals surface area (Å²) in [6.07, 6.45) is 0. The van der Waals surface area contributed by atoms with E-state index < -0.39 is 26.5 Å². The Labute approximate surface area is 229 Å².